The minimum absolute atomic E-state index is 0.330. The van der Waals surface area contributed by atoms with Crippen LogP contribution >= 0.6 is 0 Å². The second-order valence-corrected chi connectivity index (χ2v) is 6.83. The number of aryl methyl sites for hydroxylation is 1. The summed E-state index contributed by atoms with van der Waals surface area (Å²) in [6, 6.07) is 8.80. The van der Waals surface area contributed by atoms with E-state index in [9.17, 15) is 4.21 Å². The lowest BCUT2D eigenvalue weighted by Crippen LogP contribution is -2.10. The van der Waals surface area contributed by atoms with E-state index in [1.165, 1.54) is 0 Å². The van der Waals surface area contributed by atoms with Crippen molar-refractivity contribution in [1.29, 1.82) is 4.78 Å². The lowest BCUT2D eigenvalue weighted by atomic mass is 10.2. The van der Waals surface area contributed by atoms with E-state index in [0.29, 0.717) is 11.4 Å². The average Bonchev–Trinajstić information content (AvgIpc) is 2.96. The summed E-state index contributed by atoms with van der Waals surface area (Å²) in [4.78, 5) is 4.69. The maximum absolute atomic E-state index is 11.5. The highest BCUT2D eigenvalue weighted by Crippen LogP contribution is 2.22. The van der Waals surface area contributed by atoms with Crippen molar-refractivity contribution in [1.82, 2.24) is 14.8 Å². The van der Waals surface area contributed by atoms with Crippen molar-refractivity contribution >= 4 is 26.6 Å². The van der Waals surface area contributed by atoms with Crippen LogP contribution in [-0.2, 0) is 23.0 Å². The standard InChI is InChI=1S/C15H18N6OS/c1-2-21-15-13(10-20-21)14(7-8-18-15)19-9-11-3-5-12(6-4-11)23(16,17)22/h3-8,10H,2,9H2,1H3,(H,18,19)(H3,16,17,22). The monoisotopic (exact) mass is 330 g/mol. The van der Waals surface area contributed by atoms with Gasteiger partial charge in [-0.15, -0.1) is 0 Å². The SMILES string of the molecule is CCn1ncc2c(NCc3ccc(S(=N)(N)=O)cc3)ccnc21. The van der Waals surface area contributed by atoms with Crippen molar-refractivity contribution in [3.63, 3.8) is 0 Å². The number of pyridine rings is 1. The quantitative estimate of drug-likeness (QED) is 0.667. The molecule has 3 aromatic rings. The van der Waals surface area contributed by atoms with Crippen molar-refractivity contribution in [3.05, 3.63) is 48.3 Å². The molecule has 2 heterocycles. The van der Waals surface area contributed by atoms with Gasteiger partial charge >= 0.3 is 0 Å². The molecule has 0 amide bonds. The Balaban J connectivity index is 1.80. The number of anilines is 1. The Morgan fingerprint density at radius 2 is 2.04 bits per heavy atom. The number of nitrogens with one attached hydrogen (secondary N) is 2. The Bertz CT molecular complexity index is 930. The van der Waals surface area contributed by atoms with E-state index in [4.69, 9.17) is 9.92 Å². The van der Waals surface area contributed by atoms with Crippen LogP contribution in [0.25, 0.3) is 11.0 Å². The zero-order chi connectivity index (χ0) is 16.4. The molecule has 0 radical (unpaired) electrons. The van der Waals surface area contributed by atoms with Gasteiger partial charge in [0.2, 0.25) is 0 Å². The van der Waals surface area contributed by atoms with Gasteiger partial charge in [0, 0.05) is 25.0 Å². The molecule has 1 aromatic carbocycles. The maximum Gasteiger partial charge on any atom is 0.159 e. The van der Waals surface area contributed by atoms with Crippen LogP contribution in [0.15, 0.2) is 47.6 Å². The van der Waals surface area contributed by atoms with Crippen molar-refractivity contribution in [2.75, 3.05) is 5.32 Å². The highest BCUT2D eigenvalue weighted by atomic mass is 32.2. The van der Waals surface area contributed by atoms with Gasteiger partial charge in [-0.3, -0.25) is 0 Å². The van der Waals surface area contributed by atoms with Crippen molar-refractivity contribution in [3.8, 4) is 0 Å². The summed E-state index contributed by atoms with van der Waals surface area (Å²) in [5, 5.41) is 14.0. The van der Waals surface area contributed by atoms with Crippen LogP contribution in [0.1, 0.15) is 12.5 Å². The van der Waals surface area contributed by atoms with Crippen LogP contribution in [0.5, 0.6) is 0 Å². The lowest BCUT2D eigenvalue weighted by Gasteiger charge is -2.08. The van der Waals surface area contributed by atoms with Gasteiger partial charge in [0.1, 0.15) is 9.92 Å². The van der Waals surface area contributed by atoms with Crippen molar-refractivity contribution in [2.24, 2.45) is 5.14 Å². The van der Waals surface area contributed by atoms with Gasteiger partial charge in [-0.25, -0.2) is 23.8 Å². The lowest BCUT2D eigenvalue weighted by molar-refractivity contribution is 0.676. The summed E-state index contributed by atoms with van der Waals surface area (Å²) in [6.45, 7) is 3.39. The van der Waals surface area contributed by atoms with Crippen LogP contribution in [0, 0.1) is 4.78 Å². The average molecular weight is 330 g/mol. The molecule has 7 nitrogen and oxygen atoms in total. The molecule has 4 N–H and O–H groups in total. The topological polar surface area (TPSA) is 110 Å². The Kier molecular flexibility index (Phi) is 4.01. The predicted octanol–water partition coefficient (Wildman–Crippen LogP) is 2.34. The second-order valence-electron chi connectivity index (χ2n) is 5.15. The maximum atomic E-state index is 11.5. The fourth-order valence-electron chi connectivity index (χ4n) is 2.37. The molecule has 2 aromatic heterocycles. The van der Waals surface area contributed by atoms with E-state index < -0.39 is 9.92 Å². The van der Waals surface area contributed by atoms with Crippen LogP contribution in [0.2, 0.25) is 0 Å². The van der Waals surface area contributed by atoms with Gasteiger partial charge in [-0.05, 0) is 30.7 Å². The molecule has 8 heteroatoms. The van der Waals surface area contributed by atoms with Crippen LogP contribution in [0.3, 0.4) is 0 Å². The number of hydrogen-bond donors (Lipinski definition) is 3. The second kappa shape index (κ2) is 5.98. The minimum Gasteiger partial charge on any atom is -0.380 e. The zero-order valence-corrected chi connectivity index (χ0v) is 13.5. The van der Waals surface area contributed by atoms with Gasteiger partial charge < -0.3 is 5.32 Å². The van der Waals surface area contributed by atoms with Gasteiger partial charge in [0.05, 0.1) is 16.5 Å². The van der Waals surface area contributed by atoms with Gasteiger partial charge in [-0.1, -0.05) is 12.1 Å². The van der Waals surface area contributed by atoms with Crippen molar-refractivity contribution in [2.45, 2.75) is 24.9 Å². The summed E-state index contributed by atoms with van der Waals surface area (Å²) >= 11 is 0. The number of nitrogens with zero attached hydrogens (tertiary/aromatic N) is 3. The first kappa shape index (κ1) is 15.4. The fourth-order valence-corrected chi connectivity index (χ4v) is 2.91. The molecule has 3 rings (SSSR count). The number of rotatable bonds is 5. The summed E-state index contributed by atoms with van der Waals surface area (Å²) in [5.74, 6) is 0. The third-order valence-corrected chi connectivity index (χ3v) is 4.57. The predicted molar refractivity (Wildman–Crippen MR) is 90.3 cm³/mol. The van der Waals surface area contributed by atoms with E-state index in [1.807, 2.05) is 29.8 Å². The van der Waals surface area contributed by atoms with Crippen LogP contribution in [-0.4, -0.2) is 19.0 Å². The summed E-state index contributed by atoms with van der Waals surface area (Å²) in [5.41, 5.74) is 2.82. The Morgan fingerprint density at radius 3 is 2.70 bits per heavy atom. The zero-order valence-electron chi connectivity index (χ0n) is 12.7. The van der Waals surface area contributed by atoms with E-state index >= 15 is 0 Å². The molecular weight excluding hydrogens is 312 g/mol. The number of benzene rings is 1. The summed E-state index contributed by atoms with van der Waals surface area (Å²) in [6.07, 6.45) is 3.56. The molecule has 23 heavy (non-hydrogen) atoms. The molecule has 1 unspecified atom stereocenters. The number of aromatic nitrogens is 3. The molecule has 120 valence electrons. The van der Waals surface area contributed by atoms with E-state index in [0.717, 1.165) is 28.8 Å². The van der Waals surface area contributed by atoms with Gasteiger partial charge in [0.25, 0.3) is 0 Å². The number of nitrogens with two attached hydrogens (primary N) is 1. The highest BCUT2D eigenvalue weighted by Gasteiger charge is 2.07. The molecular formula is C15H18N6OS. The van der Waals surface area contributed by atoms with E-state index in [-0.39, 0.29) is 0 Å². The van der Waals surface area contributed by atoms with E-state index in [2.05, 4.69) is 15.4 Å². The fraction of sp³-hybridized carbons (Fsp3) is 0.200. The molecule has 0 fully saturated rings. The first-order valence-electron chi connectivity index (χ1n) is 7.19. The minimum atomic E-state index is -3.16. The third kappa shape index (κ3) is 3.17. The number of hydrogen-bond acceptors (Lipinski definition) is 5. The molecule has 0 aliphatic heterocycles. The smallest absolute Gasteiger partial charge is 0.159 e. The Morgan fingerprint density at radius 1 is 1.30 bits per heavy atom. The first-order valence-corrected chi connectivity index (χ1v) is 8.81. The molecule has 0 saturated carbocycles. The van der Waals surface area contributed by atoms with Crippen molar-refractivity contribution < 1.29 is 4.21 Å². The summed E-state index contributed by atoms with van der Waals surface area (Å²) < 4.78 is 20.7. The van der Waals surface area contributed by atoms with Crippen LogP contribution in [0.4, 0.5) is 5.69 Å². The normalized spacial score (nSPS) is 13.8. The van der Waals surface area contributed by atoms with Gasteiger partial charge in [-0.2, -0.15) is 5.10 Å². The summed E-state index contributed by atoms with van der Waals surface area (Å²) in [7, 11) is -3.16. The van der Waals surface area contributed by atoms with Crippen LogP contribution < -0.4 is 10.5 Å². The molecule has 0 aliphatic carbocycles. The molecule has 0 spiro atoms. The largest absolute Gasteiger partial charge is 0.380 e. The Hall–Kier alpha value is -2.45. The molecule has 0 aliphatic rings. The third-order valence-electron chi connectivity index (χ3n) is 3.60. The first-order chi connectivity index (χ1) is 11.0. The van der Waals surface area contributed by atoms with Gasteiger partial charge in [0.15, 0.2) is 5.65 Å². The van der Waals surface area contributed by atoms with E-state index in [1.54, 1.807) is 24.5 Å². The number of fused-ring (bicyclic) bond motifs is 1. The highest BCUT2D eigenvalue weighted by molar-refractivity contribution is 7.90. The molecule has 0 bridgehead atoms. The Labute approximate surface area is 134 Å². The molecule has 1 atom stereocenters. The molecule has 0 saturated heterocycles.